The quantitative estimate of drug-likeness (QED) is 0.338. The van der Waals surface area contributed by atoms with Crippen LogP contribution in [0.15, 0.2) is 48.8 Å². The van der Waals surface area contributed by atoms with Crippen LogP contribution in [0.25, 0.3) is 32.6 Å². The highest BCUT2D eigenvalue weighted by molar-refractivity contribution is 6.23. The number of rotatable bonds is 0. The molecule has 0 saturated carbocycles. The van der Waals surface area contributed by atoms with Crippen LogP contribution in [0.2, 0.25) is 0 Å². The smallest absolute Gasteiger partial charge is 0.255 e. The zero-order valence-corrected chi connectivity index (χ0v) is 13.1. The van der Waals surface area contributed by atoms with E-state index in [2.05, 4.69) is 4.98 Å². The highest BCUT2D eigenvalue weighted by atomic mass is 19.4. The molecule has 0 aliphatic carbocycles. The summed E-state index contributed by atoms with van der Waals surface area (Å²) in [5, 5.41) is 2.30. The van der Waals surface area contributed by atoms with Gasteiger partial charge in [-0.25, -0.2) is 4.57 Å². The van der Waals surface area contributed by atoms with Crippen LogP contribution in [0.5, 0.6) is 0 Å². The van der Waals surface area contributed by atoms with E-state index in [-0.39, 0.29) is 5.39 Å². The Hall–Kier alpha value is -2.69. The molecule has 0 spiro atoms. The van der Waals surface area contributed by atoms with Gasteiger partial charge >= 0.3 is 6.18 Å². The van der Waals surface area contributed by atoms with Crippen LogP contribution in [0.4, 0.5) is 13.2 Å². The van der Waals surface area contributed by atoms with Gasteiger partial charge in [-0.15, -0.1) is 0 Å². The minimum Gasteiger partial charge on any atom is -0.255 e. The molecular weight excluding hydrogens is 313 g/mol. The molecule has 4 rings (SSSR count). The van der Waals surface area contributed by atoms with Gasteiger partial charge in [-0.2, -0.15) is 13.2 Å². The summed E-state index contributed by atoms with van der Waals surface area (Å²) >= 11 is 0. The van der Waals surface area contributed by atoms with E-state index in [1.807, 2.05) is 42.9 Å². The summed E-state index contributed by atoms with van der Waals surface area (Å²) in [5.41, 5.74) is 1.55. The first kappa shape index (κ1) is 14.9. The third-order valence-corrected chi connectivity index (χ3v) is 4.47. The standard InChI is InChI=1S/C19H14F3N2/c1-11-8-9-23-17-15(11)18-13(6-4-10-24(18)2)12-5-3-7-14(16(12)17)19(20,21)22/h3-10H,1-2H3/q+1. The molecule has 0 radical (unpaired) electrons. The Morgan fingerprint density at radius 2 is 1.71 bits per heavy atom. The Morgan fingerprint density at radius 1 is 0.958 bits per heavy atom. The van der Waals surface area contributed by atoms with Crippen LogP contribution in [0.1, 0.15) is 11.1 Å². The fourth-order valence-electron chi connectivity index (χ4n) is 3.46. The molecule has 120 valence electrons. The molecule has 0 N–H and O–H groups in total. The second-order valence-corrected chi connectivity index (χ2v) is 5.96. The molecule has 2 nitrogen and oxygen atoms in total. The number of halogens is 3. The third-order valence-electron chi connectivity index (χ3n) is 4.47. The van der Waals surface area contributed by atoms with Crippen molar-refractivity contribution < 1.29 is 17.7 Å². The average molecular weight is 327 g/mol. The minimum atomic E-state index is -4.43. The van der Waals surface area contributed by atoms with Gasteiger partial charge in [0.05, 0.1) is 21.9 Å². The maximum absolute atomic E-state index is 13.6. The van der Waals surface area contributed by atoms with Crippen molar-refractivity contribution in [2.45, 2.75) is 13.1 Å². The Balaban J connectivity index is 2.44. The van der Waals surface area contributed by atoms with Crippen LogP contribution in [0.3, 0.4) is 0 Å². The summed E-state index contributed by atoms with van der Waals surface area (Å²) in [6.45, 7) is 1.90. The fourth-order valence-corrected chi connectivity index (χ4v) is 3.46. The van der Waals surface area contributed by atoms with E-state index in [0.29, 0.717) is 10.9 Å². The summed E-state index contributed by atoms with van der Waals surface area (Å²) in [6.07, 6.45) is -0.963. The van der Waals surface area contributed by atoms with E-state index < -0.39 is 11.7 Å². The number of aryl methyl sites for hydroxylation is 2. The van der Waals surface area contributed by atoms with Crippen molar-refractivity contribution in [2.75, 3.05) is 0 Å². The van der Waals surface area contributed by atoms with Gasteiger partial charge in [0.25, 0.3) is 0 Å². The van der Waals surface area contributed by atoms with Gasteiger partial charge < -0.3 is 0 Å². The van der Waals surface area contributed by atoms with Gasteiger partial charge in [0.1, 0.15) is 7.05 Å². The molecule has 4 aromatic rings. The second kappa shape index (κ2) is 4.90. The lowest BCUT2D eigenvalue weighted by molar-refractivity contribution is -0.644. The first-order chi connectivity index (χ1) is 11.4. The lowest BCUT2D eigenvalue weighted by Crippen LogP contribution is -2.28. The topological polar surface area (TPSA) is 16.8 Å². The SMILES string of the molecule is Cc1ccnc2c3c(C(F)(F)F)cccc3c3ccc[n+](C)c3c12. The maximum Gasteiger partial charge on any atom is 0.417 e. The van der Waals surface area contributed by atoms with E-state index in [1.165, 1.54) is 6.07 Å². The molecule has 0 aliphatic heterocycles. The van der Waals surface area contributed by atoms with E-state index >= 15 is 0 Å². The minimum absolute atomic E-state index is 0.169. The van der Waals surface area contributed by atoms with Crippen LogP contribution in [-0.2, 0) is 13.2 Å². The summed E-state index contributed by atoms with van der Waals surface area (Å²) in [5.74, 6) is 0. The monoisotopic (exact) mass is 327 g/mol. The van der Waals surface area contributed by atoms with E-state index in [4.69, 9.17) is 0 Å². The lowest BCUT2D eigenvalue weighted by atomic mass is 9.94. The Kier molecular flexibility index (Phi) is 3.04. The number of pyridine rings is 2. The van der Waals surface area contributed by atoms with Gasteiger partial charge in [-0.05, 0) is 36.1 Å². The molecule has 0 unspecified atom stereocenters. The maximum atomic E-state index is 13.6. The summed E-state index contributed by atoms with van der Waals surface area (Å²) in [6, 6.07) is 9.86. The van der Waals surface area contributed by atoms with Crippen molar-refractivity contribution in [1.29, 1.82) is 0 Å². The van der Waals surface area contributed by atoms with Crippen LogP contribution >= 0.6 is 0 Å². The van der Waals surface area contributed by atoms with E-state index in [0.717, 1.165) is 27.9 Å². The van der Waals surface area contributed by atoms with E-state index in [1.54, 1.807) is 12.3 Å². The molecule has 0 bridgehead atoms. The van der Waals surface area contributed by atoms with Crippen molar-refractivity contribution in [3.8, 4) is 0 Å². The third kappa shape index (κ3) is 1.97. The Morgan fingerprint density at radius 3 is 2.46 bits per heavy atom. The average Bonchev–Trinajstić information content (AvgIpc) is 2.54. The lowest BCUT2D eigenvalue weighted by Gasteiger charge is -2.14. The number of benzene rings is 2. The van der Waals surface area contributed by atoms with Crippen LogP contribution in [0, 0.1) is 6.92 Å². The molecule has 2 heterocycles. The predicted molar refractivity (Wildman–Crippen MR) is 87.7 cm³/mol. The molecule has 0 fully saturated rings. The Labute approximate surface area is 136 Å². The zero-order chi connectivity index (χ0) is 17.1. The van der Waals surface area contributed by atoms with Gasteiger partial charge in [0, 0.05) is 17.6 Å². The van der Waals surface area contributed by atoms with Gasteiger partial charge in [-0.3, -0.25) is 4.98 Å². The highest BCUT2D eigenvalue weighted by Crippen LogP contribution is 2.41. The fraction of sp³-hybridized carbons (Fsp3) is 0.158. The first-order valence-corrected chi connectivity index (χ1v) is 7.55. The second-order valence-electron chi connectivity index (χ2n) is 5.96. The number of aromatic nitrogens is 2. The molecular formula is C19H14F3N2+. The van der Waals surface area contributed by atoms with Crippen LogP contribution in [-0.4, -0.2) is 4.98 Å². The number of alkyl halides is 3. The van der Waals surface area contributed by atoms with Crippen molar-refractivity contribution in [3.05, 3.63) is 59.9 Å². The van der Waals surface area contributed by atoms with Gasteiger partial charge in [0.15, 0.2) is 6.20 Å². The van der Waals surface area contributed by atoms with Gasteiger partial charge in [-0.1, -0.05) is 12.1 Å². The van der Waals surface area contributed by atoms with Gasteiger partial charge in [0.2, 0.25) is 5.52 Å². The zero-order valence-electron chi connectivity index (χ0n) is 13.1. The van der Waals surface area contributed by atoms with Crippen molar-refractivity contribution in [2.24, 2.45) is 7.05 Å². The largest absolute Gasteiger partial charge is 0.417 e. The first-order valence-electron chi connectivity index (χ1n) is 7.55. The van der Waals surface area contributed by atoms with Crippen molar-refractivity contribution >= 4 is 32.6 Å². The highest BCUT2D eigenvalue weighted by Gasteiger charge is 2.34. The number of fused-ring (bicyclic) bond motifs is 6. The number of hydrogen-bond acceptors (Lipinski definition) is 1. The normalized spacial score (nSPS) is 12.4. The molecule has 0 atom stereocenters. The number of nitrogens with zero attached hydrogens (tertiary/aromatic N) is 2. The molecule has 2 aromatic carbocycles. The summed E-state index contributed by atoms with van der Waals surface area (Å²) in [7, 11) is 1.90. The Bertz CT molecular complexity index is 1110. The molecule has 24 heavy (non-hydrogen) atoms. The van der Waals surface area contributed by atoms with Crippen molar-refractivity contribution in [1.82, 2.24) is 4.98 Å². The number of hydrogen-bond donors (Lipinski definition) is 0. The molecule has 0 amide bonds. The van der Waals surface area contributed by atoms with Crippen LogP contribution < -0.4 is 4.57 Å². The summed E-state index contributed by atoms with van der Waals surface area (Å²) < 4.78 is 42.7. The molecule has 0 aliphatic rings. The molecule has 5 heteroatoms. The molecule has 2 aromatic heterocycles. The molecule has 0 saturated heterocycles. The predicted octanol–water partition coefficient (Wildman–Crippen LogP) is 4.69. The summed E-state index contributed by atoms with van der Waals surface area (Å²) in [4.78, 5) is 4.32. The van der Waals surface area contributed by atoms with Crippen molar-refractivity contribution in [3.63, 3.8) is 0 Å². The van der Waals surface area contributed by atoms with E-state index in [9.17, 15) is 13.2 Å².